The maximum Gasteiger partial charge on any atom is 0.260 e. The number of nitrogens with zero attached hydrogens (tertiary/aromatic N) is 2. The van der Waals surface area contributed by atoms with Gasteiger partial charge in [0.25, 0.3) is 12.3 Å². The van der Waals surface area contributed by atoms with Gasteiger partial charge in [0.15, 0.2) is 0 Å². The number of fused-ring (bicyclic) bond motifs is 1. The Balaban J connectivity index is 1.58. The SMILES string of the molecule is COc1ccccc1CNC(=O)c1cnn2c1NC(c1ccc(C)cc1)CC2C(F)F. The van der Waals surface area contributed by atoms with Crippen LogP contribution in [0.1, 0.15) is 45.6 Å². The lowest BCUT2D eigenvalue weighted by Gasteiger charge is -2.32. The van der Waals surface area contributed by atoms with Crippen LogP contribution in [0.2, 0.25) is 0 Å². The van der Waals surface area contributed by atoms with Gasteiger partial charge in [-0.25, -0.2) is 13.5 Å². The van der Waals surface area contributed by atoms with E-state index in [-0.39, 0.29) is 24.6 Å². The highest BCUT2D eigenvalue weighted by atomic mass is 19.3. The zero-order chi connectivity index (χ0) is 22.0. The molecule has 1 aliphatic rings. The van der Waals surface area contributed by atoms with Gasteiger partial charge in [-0.3, -0.25) is 4.79 Å². The lowest BCUT2D eigenvalue weighted by atomic mass is 9.96. The molecule has 3 aromatic rings. The molecule has 0 spiro atoms. The summed E-state index contributed by atoms with van der Waals surface area (Å²) in [5, 5.41) is 10.2. The van der Waals surface area contributed by atoms with Gasteiger partial charge >= 0.3 is 0 Å². The maximum atomic E-state index is 13.8. The van der Waals surface area contributed by atoms with Crippen molar-refractivity contribution in [2.24, 2.45) is 0 Å². The molecule has 162 valence electrons. The van der Waals surface area contributed by atoms with Crippen molar-refractivity contribution in [3.05, 3.63) is 77.0 Å². The Morgan fingerprint density at radius 3 is 2.71 bits per heavy atom. The van der Waals surface area contributed by atoms with Gasteiger partial charge < -0.3 is 15.4 Å². The highest BCUT2D eigenvalue weighted by Gasteiger charge is 2.36. The number of methoxy groups -OCH3 is 1. The van der Waals surface area contributed by atoms with Crippen LogP contribution in [0.25, 0.3) is 0 Å². The molecule has 2 unspecified atom stereocenters. The third kappa shape index (κ3) is 4.23. The Bertz CT molecular complexity index is 1070. The van der Waals surface area contributed by atoms with Crippen molar-refractivity contribution in [1.82, 2.24) is 15.1 Å². The number of ether oxygens (including phenoxy) is 1. The third-order valence-corrected chi connectivity index (χ3v) is 5.54. The van der Waals surface area contributed by atoms with Gasteiger partial charge in [0, 0.05) is 12.1 Å². The second-order valence-electron chi connectivity index (χ2n) is 7.59. The first kappa shape index (κ1) is 20.8. The lowest BCUT2D eigenvalue weighted by Crippen LogP contribution is -2.32. The van der Waals surface area contributed by atoms with Crippen LogP contribution in [0.15, 0.2) is 54.7 Å². The number of hydrogen-bond acceptors (Lipinski definition) is 4. The van der Waals surface area contributed by atoms with E-state index in [2.05, 4.69) is 15.7 Å². The number of aryl methyl sites for hydroxylation is 1. The molecule has 1 amide bonds. The van der Waals surface area contributed by atoms with Gasteiger partial charge in [0.05, 0.1) is 19.3 Å². The largest absolute Gasteiger partial charge is 0.496 e. The van der Waals surface area contributed by atoms with E-state index in [1.54, 1.807) is 7.11 Å². The van der Waals surface area contributed by atoms with Gasteiger partial charge in [-0.05, 0) is 25.0 Å². The fraction of sp³-hybridized carbons (Fsp3) is 0.304. The molecular weight excluding hydrogens is 402 g/mol. The van der Waals surface area contributed by atoms with E-state index in [0.717, 1.165) is 16.7 Å². The Morgan fingerprint density at radius 2 is 2.00 bits per heavy atom. The smallest absolute Gasteiger partial charge is 0.260 e. The number of benzene rings is 2. The summed E-state index contributed by atoms with van der Waals surface area (Å²) in [5.41, 5.74) is 3.03. The molecule has 2 aromatic carbocycles. The Labute approximate surface area is 179 Å². The minimum atomic E-state index is -2.60. The van der Waals surface area contributed by atoms with E-state index in [1.165, 1.54) is 10.9 Å². The number of aromatic nitrogens is 2. The molecule has 2 atom stereocenters. The zero-order valence-electron chi connectivity index (χ0n) is 17.3. The summed E-state index contributed by atoms with van der Waals surface area (Å²) >= 11 is 0. The molecule has 8 heteroatoms. The number of para-hydroxylation sites is 1. The molecule has 0 aliphatic carbocycles. The molecule has 4 rings (SSSR count). The first-order valence-electron chi connectivity index (χ1n) is 10.1. The lowest BCUT2D eigenvalue weighted by molar-refractivity contribution is 0.0656. The Morgan fingerprint density at radius 1 is 1.26 bits per heavy atom. The number of amides is 1. The third-order valence-electron chi connectivity index (χ3n) is 5.54. The van der Waals surface area contributed by atoms with Crippen LogP contribution in [0.3, 0.4) is 0 Å². The highest BCUT2D eigenvalue weighted by molar-refractivity contribution is 5.98. The topological polar surface area (TPSA) is 68.2 Å². The summed E-state index contributed by atoms with van der Waals surface area (Å²) in [7, 11) is 1.56. The first-order valence-corrected chi connectivity index (χ1v) is 10.1. The standard InChI is InChI=1S/C23H24F2N4O2/c1-14-7-9-15(10-8-14)18-11-19(21(24)25)29-22(28-18)17(13-27-29)23(30)26-12-16-5-3-4-6-20(16)31-2/h3-10,13,18-19,21,28H,11-12H2,1-2H3,(H,26,30). The highest BCUT2D eigenvalue weighted by Crippen LogP contribution is 2.39. The van der Waals surface area contributed by atoms with E-state index in [4.69, 9.17) is 4.74 Å². The molecule has 0 saturated carbocycles. The number of anilines is 1. The molecule has 2 N–H and O–H groups in total. The first-order chi connectivity index (χ1) is 15.0. The van der Waals surface area contributed by atoms with Gasteiger partial charge in [-0.15, -0.1) is 0 Å². The van der Waals surface area contributed by atoms with Crippen molar-refractivity contribution >= 4 is 11.7 Å². The van der Waals surface area contributed by atoms with E-state index in [0.29, 0.717) is 11.6 Å². The van der Waals surface area contributed by atoms with Gasteiger partial charge in [-0.1, -0.05) is 48.0 Å². The van der Waals surface area contributed by atoms with Crippen LogP contribution >= 0.6 is 0 Å². The number of nitrogens with one attached hydrogen (secondary N) is 2. The molecular formula is C23H24F2N4O2. The maximum absolute atomic E-state index is 13.8. The van der Waals surface area contributed by atoms with Gasteiger partial charge in [0.1, 0.15) is 23.2 Å². The van der Waals surface area contributed by atoms with Crippen LogP contribution in [-0.4, -0.2) is 29.2 Å². The molecule has 1 aromatic heterocycles. The van der Waals surface area contributed by atoms with Crippen molar-refractivity contribution in [1.29, 1.82) is 0 Å². The summed E-state index contributed by atoms with van der Waals surface area (Å²) in [5.74, 6) is 0.576. The number of hydrogen-bond donors (Lipinski definition) is 2. The van der Waals surface area contributed by atoms with E-state index >= 15 is 0 Å². The van der Waals surface area contributed by atoms with Crippen molar-refractivity contribution in [3.8, 4) is 5.75 Å². The predicted molar refractivity (Wildman–Crippen MR) is 114 cm³/mol. The number of carbonyl (C=O) groups excluding carboxylic acids is 1. The average molecular weight is 426 g/mol. The fourth-order valence-electron chi connectivity index (χ4n) is 3.84. The monoisotopic (exact) mass is 426 g/mol. The molecule has 1 aliphatic heterocycles. The second-order valence-corrected chi connectivity index (χ2v) is 7.59. The van der Waals surface area contributed by atoms with Crippen molar-refractivity contribution in [3.63, 3.8) is 0 Å². The van der Waals surface area contributed by atoms with E-state index < -0.39 is 18.4 Å². The minimum Gasteiger partial charge on any atom is -0.496 e. The van der Waals surface area contributed by atoms with Crippen LogP contribution in [0.4, 0.5) is 14.6 Å². The summed E-state index contributed by atoms with van der Waals surface area (Å²) in [6, 6.07) is 13.6. The fourth-order valence-corrected chi connectivity index (χ4v) is 3.84. The number of alkyl halides is 2. The average Bonchev–Trinajstić information content (AvgIpc) is 3.21. The van der Waals surface area contributed by atoms with Crippen molar-refractivity contribution in [2.45, 2.75) is 38.4 Å². The van der Waals surface area contributed by atoms with Gasteiger partial charge in [-0.2, -0.15) is 5.10 Å². The van der Waals surface area contributed by atoms with E-state index in [9.17, 15) is 13.6 Å². The Hall–Kier alpha value is -3.42. The summed E-state index contributed by atoms with van der Waals surface area (Å²) in [6.07, 6.45) is -1.08. The minimum absolute atomic E-state index is 0.178. The normalized spacial score (nSPS) is 17.7. The van der Waals surface area contributed by atoms with E-state index in [1.807, 2.05) is 55.5 Å². The van der Waals surface area contributed by atoms with Crippen LogP contribution in [-0.2, 0) is 6.54 Å². The quantitative estimate of drug-likeness (QED) is 0.609. The summed E-state index contributed by atoms with van der Waals surface area (Å²) in [4.78, 5) is 12.9. The predicted octanol–water partition coefficient (Wildman–Crippen LogP) is 4.49. The van der Waals surface area contributed by atoms with Crippen molar-refractivity contribution < 1.29 is 18.3 Å². The molecule has 0 fully saturated rings. The molecule has 0 bridgehead atoms. The molecule has 0 saturated heterocycles. The van der Waals surface area contributed by atoms with Crippen LogP contribution in [0.5, 0.6) is 5.75 Å². The second kappa shape index (κ2) is 8.75. The van der Waals surface area contributed by atoms with Crippen LogP contribution in [0, 0.1) is 6.92 Å². The number of halogens is 2. The number of carbonyl (C=O) groups is 1. The van der Waals surface area contributed by atoms with Crippen LogP contribution < -0.4 is 15.4 Å². The summed E-state index contributed by atoms with van der Waals surface area (Å²) < 4.78 is 34.2. The Kier molecular flexibility index (Phi) is 5.88. The zero-order valence-corrected chi connectivity index (χ0v) is 17.3. The molecule has 31 heavy (non-hydrogen) atoms. The molecule has 6 nitrogen and oxygen atoms in total. The summed E-state index contributed by atoms with van der Waals surface area (Å²) in [6.45, 7) is 2.21. The molecule has 2 heterocycles. The van der Waals surface area contributed by atoms with Gasteiger partial charge in [0.2, 0.25) is 0 Å². The number of rotatable bonds is 6. The molecule has 0 radical (unpaired) electrons. The van der Waals surface area contributed by atoms with Crippen molar-refractivity contribution in [2.75, 3.05) is 12.4 Å².